The summed E-state index contributed by atoms with van der Waals surface area (Å²) in [6.07, 6.45) is 1.69. The minimum absolute atomic E-state index is 0.392. The van der Waals surface area contributed by atoms with E-state index in [1.807, 2.05) is 10.6 Å². The Balaban J connectivity index is 2.18. The second-order valence-corrected chi connectivity index (χ2v) is 12.9. The van der Waals surface area contributed by atoms with E-state index in [1.54, 1.807) is 12.4 Å². The number of fused-ring (bicyclic) bond motifs is 1. The van der Waals surface area contributed by atoms with E-state index < -0.39 is 14.0 Å². The molecule has 0 spiro atoms. The first kappa shape index (κ1) is 17.2. The van der Waals surface area contributed by atoms with Gasteiger partial charge in [-0.3, -0.25) is 0 Å². The second kappa shape index (κ2) is 6.93. The van der Waals surface area contributed by atoms with Crippen molar-refractivity contribution in [2.75, 3.05) is 13.7 Å². The summed E-state index contributed by atoms with van der Waals surface area (Å²) in [7, 11) is 0.277. The van der Waals surface area contributed by atoms with E-state index in [2.05, 4.69) is 40.6 Å². The number of aromatic nitrogens is 2. The molecule has 0 bridgehead atoms. The van der Waals surface area contributed by atoms with Crippen LogP contribution in [0, 0.1) is 0 Å². The summed E-state index contributed by atoms with van der Waals surface area (Å²) >= 11 is 3.42. The van der Waals surface area contributed by atoms with Gasteiger partial charge in [-0.05, 0) is 18.2 Å². The first-order valence-corrected chi connectivity index (χ1v) is 11.6. The molecule has 0 N–H and O–H groups in total. The predicted molar refractivity (Wildman–Crippen MR) is 92.9 cm³/mol. The third-order valence-electron chi connectivity index (χ3n) is 3.32. The number of imidazole rings is 1. The zero-order chi connectivity index (χ0) is 16.3. The van der Waals surface area contributed by atoms with Crippen LogP contribution in [-0.4, -0.2) is 37.3 Å². The molecule has 0 saturated carbocycles. The Labute approximate surface area is 139 Å². The SMILES string of the molecule is COC(=O)c1cc(Br)cc2c1ncn2COCC[Si](C)(C)C. The van der Waals surface area contributed by atoms with Gasteiger partial charge in [0.15, 0.2) is 0 Å². The Morgan fingerprint density at radius 3 is 2.73 bits per heavy atom. The molecule has 0 atom stereocenters. The van der Waals surface area contributed by atoms with Crippen LogP contribution in [0.3, 0.4) is 0 Å². The highest BCUT2D eigenvalue weighted by molar-refractivity contribution is 9.10. The maximum absolute atomic E-state index is 11.8. The molecule has 1 aromatic heterocycles. The molecule has 7 heteroatoms. The van der Waals surface area contributed by atoms with Crippen molar-refractivity contribution in [3.05, 3.63) is 28.5 Å². The van der Waals surface area contributed by atoms with Gasteiger partial charge in [0.2, 0.25) is 0 Å². The molecule has 0 radical (unpaired) electrons. The summed E-state index contributed by atoms with van der Waals surface area (Å²) < 4.78 is 13.3. The van der Waals surface area contributed by atoms with Gasteiger partial charge in [-0.1, -0.05) is 35.6 Å². The van der Waals surface area contributed by atoms with E-state index >= 15 is 0 Å². The molecule has 2 rings (SSSR count). The number of benzene rings is 1. The number of methoxy groups -OCH3 is 1. The number of esters is 1. The van der Waals surface area contributed by atoms with Gasteiger partial charge in [0.05, 0.1) is 24.5 Å². The number of halogens is 1. The molecule has 0 aliphatic carbocycles. The number of nitrogens with zero attached hydrogens (tertiary/aromatic N) is 2. The van der Waals surface area contributed by atoms with Gasteiger partial charge in [-0.25, -0.2) is 9.78 Å². The number of carbonyl (C=O) groups excluding carboxylic acids is 1. The molecule has 0 fully saturated rings. The average molecular weight is 385 g/mol. The van der Waals surface area contributed by atoms with Crippen LogP contribution >= 0.6 is 15.9 Å². The summed E-state index contributed by atoms with van der Waals surface area (Å²) in [5.41, 5.74) is 1.93. The fourth-order valence-electron chi connectivity index (χ4n) is 2.04. The van der Waals surface area contributed by atoms with Crippen LogP contribution in [0.4, 0.5) is 0 Å². The van der Waals surface area contributed by atoms with Crippen molar-refractivity contribution in [3.63, 3.8) is 0 Å². The quantitative estimate of drug-likeness (QED) is 0.430. The molecular formula is C15H21BrN2O3Si. The van der Waals surface area contributed by atoms with Crippen LogP contribution < -0.4 is 0 Å². The topological polar surface area (TPSA) is 53.3 Å². The van der Waals surface area contributed by atoms with Crippen molar-refractivity contribution in [1.29, 1.82) is 0 Å². The van der Waals surface area contributed by atoms with Crippen LogP contribution in [0.25, 0.3) is 11.0 Å². The highest BCUT2D eigenvalue weighted by atomic mass is 79.9. The van der Waals surface area contributed by atoms with E-state index in [9.17, 15) is 4.79 Å². The van der Waals surface area contributed by atoms with Crippen LogP contribution in [0.2, 0.25) is 25.7 Å². The Morgan fingerprint density at radius 1 is 1.36 bits per heavy atom. The summed E-state index contributed by atoms with van der Waals surface area (Å²) in [6.45, 7) is 8.14. The lowest BCUT2D eigenvalue weighted by Gasteiger charge is -2.15. The molecule has 0 unspecified atom stereocenters. The predicted octanol–water partition coefficient (Wildman–Crippen LogP) is 3.90. The maximum Gasteiger partial charge on any atom is 0.340 e. The molecule has 1 aromatic carbocycles. The second-order valence-electron chi connectivity index (χ2n) is 6.38. The molecule has 120 valence electrons. The first-order valence-electron chi connectivity index (χ1n) is 7.12. The first-order chi connectivity index (χ1) is 10.3. The van der Waals surface area contributed by atoms with Crippen LogP contribution in [0.5, 0.6) is 0 Å². The van der Waals surface area contributed by atoms with Gasteiger partial charge >= 0.3 is 5.97 Å². The van der Waals surface area contributed by atoms with Crippen molar-refractivity contribution in [1.82, 2.24) is 9.55 Å². The van der Waals surface area contributed by atoms with Crippen molar-refractivity contribution in [3.8, 4) is 0 Å². The Bertz CT molecular complexity index is 679. The largest absolute Gasteiger partial charge is 0.465 e. The molecule has 0 amide bonds. The summed E-state index contributed by atoms with van der Waals surface area (Å²) in [5, 5.41) is 0. The fraction of sp³-hybridized carbons (Fsp3) is 0.467. The van der Waals surface area contributed by atoms with Crippen LogP contribution in [-0.2, 0) is 16.2 Å². The molecule has 2 aromatic rings. The Hall–Kier alpha value is -1.18. The van der Waals surface area contributed by atoms with E-state index in [0.717, 1.165) is 22.6 Å². The number of hydrogen-bond acceptors (Lipinski definition) is 4. The van der Waals surface area contributed by atoms with Gasteiger partial charge < -0.3 is 14.0 Å². The lowest BCUT2D eigenvalue weighted by atomic mass is 10.2. The van der Waals surface area contributed by atoms with E-state index in [1.165, 1.54) is 7.11 Å². The van der Waals surface area contributed by atoms with Gasteiger partial charge in [-0.2, -0.15) is 0 Å². The number of rotatable bonds is 6. The highest BCUT2D eigenvalue weighted by Gasteiger charge is 2.16. The number of carbonyl (C=O) groups is 1. The molecule has 22 heavy (non-hydrogen) atoms. The summed E-state index contributed by atoms with van der Waals surface area (Å²) in [6, 6.07) is 4.77. The lowest BCUT2D eigenvalue weighted by molar-refractivity contribution is 0.0602. The van der Waals surface area contributed by atoms with Gasteiger partial charge in [0, 0.05) is 19.2 Å². The summed E-state index contributed by atoms with van der Waals surface area (Å²) in [4.78, 5) is 16.2. The summed E-state index contributed by atoms with van der Waals surface area (Å²) in [5.74, 6) is -0.392. The van der Waals surface area contributed by atoms with Crippen molar-refractivity contribution >= 4 is 41.0 Å². The minimum atomic E-state index is -1.09. The van der Waals surface area contributed by atoms with Crippen molar-refractivity contribution < 1.29 is 14.3 Å². The van der Waals surface area contributed by atoms with E-state index in [-0.39, 0.29) is 0 Å². The number of ether oxygens (including phenoxy) is 2. The minimum Gasteiger partial charge on any atom is -0.465 e. The Kier molecular flexibility index (Phi) is 5.41. The smallest absolute Gasteiger partial charge is 0.340 e. The Morgan fingerprint density at radius 2 is 2.09 bits per heavy atom. The third-order valence-corrected chi connectivity index (χ3v) is 5.48. The molecule has 0 saturated heterocycles. The lowest BCUT2D eigenvalue weighted by Crippen LogP contribution is -2.21. The van der Waals surface area contributed by atoms with Gasteiger partial charge in [-0.15, -0.1) is 0 Å². The van der Waals surface area contributed by atoms with E-state index in [4.69, 9.17) is 9.47 Å². The normalized spacial score (nSPS) is 11.9. The average Bonchev–Trinajstić information content (AvgIpc) is 2.84. The molecule has 0 aliphatic rings. The molecular weight excluding hydrogens is 364 g/mol. The monoisotopic (exact) mass is 384 g/mol. The van der Waals surface area contributed by atoms with Crippen molar-refractivity contribution in [2.45, 2.75) is 32.4 Å². The zero-order valence-corrected chi connectivity index (χ0v) is 15.9. The number of hydrogen-bond donors (Lipinski definition) is 0. The maximum atomic E-state index is 11.8. The van der Waals surface area contributed by atoms with Crippen molar-refractivity contribution in [2.24, 2.45) is 0 Å². The van der Waals surface area contributed by atoms with Gasteiger partial charge in [0.25, 0.3) is 0 Å². The van der Waals surface area contributed by atoms with Crippen LogP contribution in [0.15, 0.2) is 22.9 Å². The highest BCUT2D eigenvalue weighted by Crippen LogP contribution is 2.24. The van der Waals surface area contributed by atoms with Crippen LogP contribution in [0.1, 0.15) is 10.4 Å². The van der Waals surface area contributed by atoms with Gasteiger partial charge in [0.1, 0.15) is 12.2 Å². The molecule has 1 heterocycles. The fourth-order valence-corrected chi connectivity index (χ4v) is 3.24. The van der Waals surface area contributed by atoms with E-state index in [0.29, 0.717) is 17.8 Å². The molecule has 5 nitrogen and oxygen atoms in total. The molecule has 0 aliphatic heterocycles. The zero-order valence-electron chi connectivity index (χ0n) is 13.4. The third kappa shape index (κ3) is 4.18. The standard InChI is InChI=1S/C15H21BrN2O3Si/c1-20-15(19)12-7-11(16)8-13-14(12)17-9-18(13)10-21-5-6-22(2,3)4/h7-9H,5-6,10H2,1-4H3.